The fourth-order valence-electron chi connectivity index (χ4n) is 5.93. The van der Waals surface area contributed by atoms with Crippen molar-refractivity contribution in [3.63, 3.8) is 0 Å². The summed E-state index contributed by atoms with van der Waals surface area (Å²) in [4.78, 5) is 0.355. The van der Waals surface area contributed by atoms with E-state index in [1.54, 1.807) is 24.3 Å². The van der Waals surface area contributed by atoms with E-state index in [1.807, 2.05) is 30.3 Å². The molecule has 5 heteroatoms. The molecule has 0 N–H and O–H groups in total. The van der Waals surface area contributed by atoms with Crippen molar-refractivity contribution < 1.29 is 17.9 Å². The molecule has 1 aliphatic heterocycles. The number of hydrogen-bond donors (Lipinski definition) is 0. The second kappa shape index (κ2) is 14.0. The molecule has 0 amide bonds. The third-order valence-corrected chi connectivity index (χ3v) is 11.0. The molecule has 0 bridgehead atoms. The zero-order chi connectivity index (χ0) is 31.2. The summed E-state index contributed by atoms with van der Waals surface area (Å²) in [7, 11) is -3.62. The zero-order valence-electron chi connectivity index (χ0n) is 27.0. The van der Waals surface area contributed by atoms with Gasteiger partial charge in [0.25, 0.3) is 0 Å². The Balaban J connectivity index is 1.63. The van der Waals surface area contributed by atoms with Crippen LogP contribution in [0, 0.1) is 20.8 Å². The maximum atomic E-state index is 14.0. The molecule has 0 saturated carbocycles. The Hall–Kier alpha value is -3.31. The lowest BCUT2D eigenvalue weighted by Gasteiger charge is -2.39. The Bertz CT molecular complexity index is 1570. The average molecular weight is 601 g/mol. The molecule has 3 aromatic carbocycles. The lowest BCUT2D eigenvalue weighted by atomic mass is 9.84. The van der Waals surface area contributed by atoms with Crippen molar-refractivity contribution in [2.24, 2.45) is 0 Å². The first kappa shape index (κ1) is 32.6. The van der Waals surface area contributed by atoms with Gasteiger partial charge in [0.1, 0.15) is 23.7 Å². The molecule has 0 saturated heterocycles. The number of rotatable bonds is 12. The van der Waals surface area contributed by atoms with E-state index in [-0.39, 0.29) is 0 Å². The van der Waals surface area contributed by atoms with Crippen LogP contribution in [0.5, 0.6) is 11.5 Å². The summed E-state index contributed by atoms with van der Waals surface area (Å²) in [6, 6.07) is 19.0. The number of sulfone groups is 1. The van der Waals surface area contributed by atoms with Gasteiger partial charge < -0.3 is 9.47 Å². The molecule has 0 spiro atoms. The van der Waals surface area contributed by atoms with Crippen LogP contribution >= 0.6 is 0 Å². The molecule has 4 rings (SSSR count). The second-order valence-corrected chi connectivity index (χ2v) is 14.6. The lowest BCUT2D eigenvalue weighted by Crippen LogP contribution is -2.42. The monoisotopic (exact) mass is 600 g/mol. The van der Waals surface area contributed by atoms with Crippen molar-refractivity contribution in [2.75, 3.05) is 0 Å². The smallest absolute Gasteiger partial charge is 0.184 e. The number of ether oxygens (including phenoxy) is 2. The van der Waals surface area contributed by atoms with Crippen LogP contribution < -0.4 is 9.47 Å². The van der Waals surface area contributed by atoms with Gasteiger partial charge in [-0.25, -0.2) is 8.42 Å². The summed E-state index contributed by atoms with van der Waals surface area (Å²) in [5.41, 5.74) is 7.34. The molecule has 230 valence electrons. The number of hydrogen-bond acceptors (Lipinski definition) is 4. The third kappa shape index (κ3) is 7.80. The van der Waals surface area contributed by atoms with Crippen LogP contribution in [0.3, 0.4) is 0 Å². The number of benzene rings is 3. The fraction of sp³-hybridized carbons (Fsp3) is 0.421. The standard InChI is InChI=1S/C38H48O4S/c1-8-27(2)16-15-17-28(3)24-34(43(39,40)33-20-13-10-14-21-33)25-38(7)23-22-35-31(6)36(29(4)30(5)37(35)42-38)41-26-32-18-11-9-12-19-32/h9-14,16,18-21,24,34H,8,15,17,22-23,25-26H2,1-7H3/b27-16+,28-24+/t34?,38-/m0/s1. The summed E-state index contributed by atoms with van der Waals surface area (Å²) >= 11 is 0. The maximum absolute atomic E-state index is 14.0. The largest absolute Gasteiger partial charge is 0.488 e. The molecule has 1 aliphatic rings. The van der Waals surface area contributed by atoms with Gasteiger partial charge in [0.05, 0.1) is 10.1 Å². The van der Waals surface area contributed by atoms with Gasteiger partial charge in [-0.3, -0.25) is 0 Å². The van der Waals surface area contributed by atoms with Crippen LogP contribution in [0.25, 0.3) is 0 Å². The van der Waals surface area contributed by atoms with E-state index in [2.05, 4.69) is 66.7 Å². The van der Waals surface area contributed by atoms with Gasteiger partial charge in [-0.15, -0.1) is 0 Å². The summed E-state index contributed by atoms with van der Waals surface area (Å²) in [5.74, 6) is 1.80. The van der Waals surface area contributed by atoms with Crippen LogP contribution in [-0.2, 0) is 22.9 Å². The van der Waals surface area contributed by atoms with Crippen LogP contribution in [0.15, 0.2) is 88.9 Å². The first-order chi connectivity index (χ1) is 20.4. The van der Waals surface area contributed by atoms with Gasteiger partial charge in [-0.05, 0) is 108 Å². The van der Waals surface area contributed by atoms with E-state index in [1.165, 1.54) is 5.57 Å². The van der Waals surface area contributed by atoms with Crippen molar-refractivity contribution in [2.45, 2.75) is 109 Å². The first-order valence-electron chi connectivity index (χ1n) is 15.6. The Morgan fingerprint density at radius 2 is 1.60 bits per heavy atom. The van der Waals surface area contributed by atoms with Gasteiger partial charge in [0.2, 0.25) is 0 Å². The van der Waals surface area contributed by atoms with Crippen LogP contribution in [0.2, 0.25) is 0 Å². The highest BCUT2D eigenvalue weighted by molar-refractivity contribution is 7.92. The van der Waals surface area contributed by atoms with Crippen molar-refractivity contribution in [1.29, 1.82) is 0 Å². The quantitative estimate of drug-likeness (QED) is 0.194. The highest BCUT2D eigenvalue weighted by Gasteiger charge is 2.40. The van der Waals surface area contributed by atoms with Crippen LogP contribution in [-0.4, -0.2) is 19.3 Å². The molecule has 0 fully saturated rings. The maximum Gasteiger partial charge on any atom is 0.184 e. The van der Waals surface area contributed by atoms with E-state index in [9.17, 15) is 8.42 Å². The van der Waals surface area contributed by atoms with E-state index in [0.717, 1.165) is 77.0 Å². The Morgan fingerprint density at radius 3 is 2.26 bits per heavy atom. The van der Waals surface area contributed by atoms with Crippen molar-refractivity contribution in [3.05, 3.63) is 112 Å². The summed E-state index contributed by atoms with van der Waals surface area (Å²) in [6.07, 6.45) is 8.93. The molecular formula is C38H48O4S. The van der Waals surface area contributed by atoms with Crippen molar-refractivity contribution in [1.82, 2.24) is 0 Å². The predicted molar refractivity (Wildman–Crippen MR) is 178 cm³/mol. The SMILES string of the molecule is CC/C(C)=C/CC/C(C)=C/C(C[C@]1(C)CCc2c(C)c(OCc3ccccc3)c(C)c(C)c2O1)S(=O)(=O)c1ccccc1. The molecule has 1 unspecified atom stereocenters. The van der Waals surface area contributed by atoms with Crippen molar-refractivity contribution in [3.8, 4) is 11.5 Å². The average Bonchev–Trinajstić information content (AvgIpc) is 3.00. The van der Waals surface area contributed by atoms with Gasteiger partial charge in [-0.1, -0.05) is 78.8 Å². The Morgan fingerprint density at radius 1 is 0.953 bits per heavy atom. The minimum absolute atomic E-state index is 0.355. The van der Waals surface area contributed by atoms with Gasteiger partial charge >= 0.3 is 0 Å². The summed E-state index contributed by atoms with van der Waals surface area (Å²) < 4.78 is 41.3. The summed E-state index contributed by atoms with van der Waals surface area (Å²) in [6.45, 7) is 15.2. The van der Waals surface area contributed by atoms with E-state index in [4.69, 9.17) is 9.47 Å². The van der Waals surface area contributed by atoms with E-state index in [0.29, 0.717) is 17.9 Å². The third-order valence-electron chi connectivity index (χ3n) is 8.95. The highest BCUT2D eigenvalue weighted by atomic mass is 32.2. The van der Waals surface area contributed by atoms with Crippen molar-refractivity contribution >= 4 is 9.84 Å². The minimum Gasteiger partial charge on any atom is -0.488 e. The van der Waals surface area contributed by atoms with Crippen LogP contribution in [0.1, 0.15) is 87.6 Å². The molecule has 43 heavy (non-hydrogen) atoms. The fourth-order valence-corrected chi connectivity index (χ4v) is 7.80. The topological polar surface area (TPSA) is 52.6 Å². The highest BCUT2D eigenvalue weighted by Crippen LogP contribution is 2.45. The molecule has 0 aromatic heterocycles. The van der Waals surface area contributed by atoms with Gasteiger partial charge in [-0.2, -0.15) is 0 Å². The van der Waals surface area contributed by atoms with Gasteiger partial charge in [0.15, 0.2) is 9.84 Å². The summed E-state index contributed by atoms with van der Waals surface area (Å²) in [5, 5.41) is -0.686. The first-order valence-corrected chi connectivity index (χ1v) is 17.1. The molecule has 2 atom stereocenters. The number of allylic oxidation sites excluding steroid dienone is 3. The Kier molecular flexibility index (Phi) is 10.6. The zero-order valence-corrected chi connectivity index (χ0v) is 27.8. The number of fused-ring (bicyclic) bond motifs is 1. The van der Waals surface area contributed by atoms with Gasteiger partial charge in [0, 0.05) is 12.0 Å². The molecule has 0 radical (unpaired) electrons. The molecule has 4 nitrogen and oxygen atoms in total. The van der Waals surface area contributed by atoms with E-state index < -0.39 is 20.7 Å². The molecule has 3 aromatic rings. The lowest BCUT2D eigenvalue weighted by molar-refractivity contribution is 0.0564. The Labute approximate surface area is 259 Å². The van der Waals surface area contributed by atoms with Crippen LogP contribution in [0.4, 0.5) is 0 Å². The minimum atomic E-state index is -3.62. The predicted octanol–water partition coefficient (Wildman–Crippen LogP) is 9.59. The molecule has 1 heterocycles. The normalized spacial score (nSPS) is 18.1. The van der Waals surface area contributed by atoms with E-state index >= 15 is 0 Å². The second-order valence-electron chi connectivity index (χ2n) is 12.4. The molecular weight excluding hydrogens is 552 g/mol. The molecule has 0 aliphatic carbocycles.